The molecule has 0 bridgehead atoms. The molecule has 0 aromatic rings. The second kappa shape index (κ2) is 56.3. The third kappa shape index (κ3) is 283. The van der Waals surface area contributed by atoms with Crippen molar-refractivity contribution in [3.8, 4) is 0 Å². The second-order valence-corrected chi connectivity index (χ2v) is 0.766. The fourth-order valence-electron chi connectivity index (χ4n) is 0. The quantitative estimate of drug-likeness (QED) is 0.390. The molecule has 9 nitrogen and oxygen atoms in total. The van der Waals surface area contributed by atoms with Gasteiger partial charge in [0.2, 0.25) is 6.16 Å². The Hall–Kier alpha value is 6.72. The SMILES string of the molecule is O=C([O-])O.O=C([O-])[O-].O=C([O-])[O-].[K+].[K+].[KH].[Na+].[Na+].[Na+].[NaH]. The molecule has 0 spiro atoms. The van der Waals surface area contributed by atoms with Gasteiger partial charge in [-0.25, -0.2) is 0 Å². The third-order valence-electron chi connectivity index (χ3n) is 0. The van der Waals surface area contributed by atoms with Crippen LogP contribution in [-0.4, -0.2) is 105 Å². The summed E-state index contributed by atoms with van der Waals surface area (Å²) in [6, 6.07) is 0. The van der Waals surface area contributed by atoms with E-state index in [0.717, 1.165) is 0 Å². The van der Waals surface area contributed by atoms with Crippen LogP contribution in [0.4, 0.5) is 14.4 Å². The molecule has 0 aromatic heterocycles. The molecule has 76 valence electrons. The molecule has 16 heteroatoms. The van der Waals surface area contributed by atoms with E-state index in [2.05, 4.69) is 0 Å². The third-order valence-corrected chi connectivity index (χ3v) is 0. The molecule has 0 heterocycles. The molecule has 0 radical (unpaired) electrons. The maximum absolute atomic E-state index is 8.44. The molecule has 0 unspecified atom stereocenters. The number of rotatable bonds is 0. The molecule has 0 aromatic carbocycles. The Balaban J connectivity index is -0.00000000675. The molecule has 0 saturated carbocycles. The van der Waals surface area contributed by atoms with Gasteiger partial charge >= 0.3 is 272 Å². The molecule has 0 aliphatic rings. The predicted molar refractivity (Wildman–Crippen MR) is 33.1 cm³/mol. The van der Waals surface area contributed by atoms with Crippen LogP contribution in [-0.2, 0) is 0 Å². The molecule has 0 aliphatic heterocycles. The van der Waals surface area contributed by atoms with Crippen molar-refractivity contribution < 1.29 is 236 Å². The van der Waals surface area contributed by atoms with Crippen LogP contribution in [0.3, 0.4) is 0 Å². The van der Waals surface area contributed by atoms with E-state index in [-0.39, 0.29) is 272 Å². The van der Waals surface area contributed by atoms with Crippen molar-refractivity contribution in [1.29, 1.82) is 0 Å². The summed E-state index contributed by atoms with van der Waals surface area (Å²) in [5.41, 5.74) is 0. The molecule has 0 saturated heterocycles. The molecule has 0 atom stereocenters. The van der Waals surface area contributed by atoms with E-state index in [1.165, 1.54) is 0 Å². The summed E-state index contributed by atoms with van der Waals surface area (Å²) in [5, 5.41) is 48.6. The van der Waals surface area contributed by atoms with Crippen molar-refractivity contribution in [3.05, 3.63) is 0 Å². The fourth-order valence-corrected chi connectivity index (χ4v) is 0. The van der Waals surface area contributed by atoms with Crippen molar-refractivity contribution in [1.82, 2.24) is 0 Å². The van der Waals surface area contributed by atoms with Gasteiger partial charge in [0, 0.05) is 0 Å². The fraction of sp³-hybridized carbons (Fsp3) is 0. The topological polar surface area (TPSA) is 187 Å². The van der Waals surface area contributed by atoms with Crippen molar-refractivity contribution in [2.45, 2.75) is 0 Å². The van der Waals surface area contributed by atoms with Gasteiger partial charge in [0.05, 0.1) is 0 Å². The van der Waals surface area contributed by atoms with Crippen LogP contribution in [0.5, 0.6) is 0 Å². The van der Waals surface area contributed by atoms with Crippen LogP contribution in [0.1, 0.15) is 0 Å². The van der Waals surface area contributed by atoms with Crippen molar-refractivity contribution in [2.24, 2.45) is 0 Å². The first-order valence-corrected chi connectivity index (χ1v) is 1.86. The second-order valence-electron chi connectivity index (χ2n) is 0.766. The Labute approximate surface area is 325 Å². The first-order valence-electron chi connectivity index (χ1n) is 1.86. The monoisotopic (exact) mass is 392 g/mol. The van der Waals surface area contributed by atoms with Gasteiger partial charge in [0.1, 0.15) is 0 Å². The van der Waals surface area contributed by atoms with Crippen molar-refractivity contribution in [2.75, 3.05) is 0 Å². The molecule has 1 N–H and O–H groups in total. The van der Waals surface area contributed by atoms with E-state index in [0.29, 0.717) is 0 Å². The van der Waals surface area contributed by atoms with Crippen LogP contribution >= 0.6 is 0 Å². The number of carboxylic acid groups (broad SMARTS) is 6. The molecule has 0 amide bonds. The van der Waals surface area contributed by atoms with E-state index in [4.69, 9.17) is 45.0 Å². The minimum absolute atomic E-state index is 0. The van der Waals surface area contributed by atoms with Crippen molar-refractivity contribution >= 4 is 99.4 Å². The number of hydrogen-bond acceptors (Lipinski definition) is 8. The summed E-state index contributed by atoms with van der Waals surface area (Å²) in [7, 11) is 0. The molecular formula is C3H3K3Na4O9. The molecule has 0 fully saturated rings. The van der Waals surface area contributed by atoms with E-state index in [9.17, 15) is 0 Å². The van der Waals surface area contributed by atoms with Gasteiger partial charge in [0.25, 0.3) is 0 Å². The van der Waals surface area contributed by atoms with Gasteiger partial charge in [-0.3, -0.25) is 0 Å². The Kier molecular flexibility index (Phi) is 188. The molecule has 0 aliphatic carbocycles. The zero-order valence-electron chi connectivity index (χ0n) is 10.2. The molecule has 0 rings (SSSR count). The summed E-state index contributed by atoms with van der Waals surface area (Å²) >= 11 is 0. The van der Waals surface area contributed by atoms with E-state index in [1.54, 1.807) is 0 Å². The summed E-state index contributed by atoms with van der Waals surface area (Å²) in [6.07, 6.45) is -6.75. The summed E-state index contributed by atoms with van der Waals surface area (Å²) in [5.74, 6) is 0. The molecular weight excluding hydrogens is 389 g/mol. The first kappa shape index (κ1) is 63.6. The number of carbonyl (C=O) groups excluding carboxylic acids is 2. The maximum atomic E-state index is 8.44. The first-order chi connectivity index (χ1) is 5.20. The van der Waals surface area contributed by atoms with Crippen LogP contribution in [0, 0.1) is 0 Å². The average Bonchev–Trinajstić information content (AvgIpc) is 1.54. The summed E-state index contributed by atoms with van der Waals surface area (Å²) < 4.78 is 0. The van der Waals surface area contributed by atoms with Gasteiger partial charge in [-0.1, -0.05) is 0 Å². The Morgan fingerprint density at radius 2 is 0.684 bits per heavy atom. The average molecular weight is 392 g/mol. The van der Waals surface area contributed by atoms with E-state index >= 15 is 0 Å². The van der Waals surface area contributed by atoms with Crippen LogP contribution in [0.2, 0.25) is 0 Å². The standard InChI is InChI=1S/3CH2O3.3K.4Na.2H/c3*2-1(3)4;;;;;;;;;/h3*(H2,2,3,4);;;;;;;;;/q;;;;2*+1;;3*+1;;/p-5. The van der Waals surface area contributed by atoms with Gasteiger partial charge < -0.3 is 45.0 Å². The molecule has 19 heavy (non-hydrogen) atoms. The van der Waals surface area contributed by atoms with Gasteiger partial charge in [-0.05, 0) is 12.3 Å². The predicted octanol–water partition coefficient (Wildman–Crippen LogP) is -22.3. The number of carbonyl (C=O) groups is 3. The normalized spacial score (nSPS) is 3.79. The summed E-state index contributed by atoms with van der Waals surface area (Å²) in [4.78, 5) is 25.1. The zero-order chi connectivity index (χ0) is 10.7. The Bertz CT molecular complexity index is 132. The summed E-state index contributed by atoms with van der Waals surface area (Å²) in [6.45, 7) is 0. The minimum atomic E-state index is -2.33. The van der Waals surface area contributed by atoms with Gasteiger partial charge in [-0.15, -0.1) is 0 Å². The van der Waals surface area contributed by atoms with E-state index in [1.807, 2.05) is 0 Å². The van der Waals surface area contributed by atoms with Crippen LogP contribution in [0.25, 0.3) is 0 Å². The number of hydrogen-bond donors (Lipinski definition) is 1. The van der Waals surface area contributed by atoms with Crippen LogP contribution in [0.15, 0.2) is 0 Å². The van der Waals surface area contributed by atoms with Crippen molar-refractivity contribution in [3.63, 3.8) is 0 Å². The van der Waals surface area contributed by atoms with Gasteiger partial charge in [0.15, 0.2) is 0 Å². The zero-order valence-corrected chi connectivity index (χ0v) is 22.5. The Morgan fingerprint density at radius 1 is 0.684 bits per heavy atom. The van der Waals surface area contributed by atoms with Gasteiger partial charge in [-0.2, -0.15) is 0 Å². The van der Waals surface area contributed by atoms with E-state index < -0.39 is 18.5 Å². The Morgan fingerprint density at radius 3 is 0.684 bits per heavy atom. The van der Waals surface area contributed by atoms with Crippen LogP contribution < -0.4 is 217 Å².